The summed E-state index contributed by atoms with van der Waals surface area (Å²) in [6.07, 6.45) is 1.04. The quantitative estimate of drug-likeness (QED) is 0.625. The van der Waals surface area contributed by atoms with E-state index < -0.39 is 5.97 Å². The van der Waals surface area contributed by atoms with Crippen molar-refractivity contribution in [3.8, 4) is 5.75 Å². The highest BCUT2D eigenvalue weighted by Crippen LogP contribution is 2.40. The van der Waals surface area contributed by atoms with E-state index in [1.807, 2.05) is 24.3 Å². The van der Waals surface area contributed by atoms with Crippen molar-refractivity contribution in [1.29, 1.82) is 0 Å². The van der Waals surface area contributed by atoms with Gasteiger partial charge in [0.2, 0.25) is 0 Å². The highest BCUT2D eigenvalue weighted by molar-refractivity contribution is 6.31. The molecule has 2 aromatic rings. The summed E-state index contributed by atoms with van der Waals surface area (Å²) in [5.41, 5.74) is 3.99. The number of amides is 1. The molecule has 0 bridgehead atoms. The number of rotatable bonds is 1. The van der Waals surface area contributed by atoms with Crippen LogP contribution in [0.3, 0.4) is 0 Å². The zero-order valence-corrected chi connectivity index (χ0v) is 16.7. The minimum Gasteiger partial charge on any atom is -0.450 e. The maximum absolute atomic E-state index is 12.6. The Kier molecular flexibility index (Phi) is 5.45. The largest absolute Gasteiger partial charge is 0.450 e. The van der Waals surface area contributed by atoms with Crippen LogP contribution in [-0.4, -0.2) is 36.7 Å². The Morgan fingerprint density at radius 3 is 2.59 bits per heavy atom. The van der Waals surface area contributed by atoms with Gasteiger partial charge in [-0.2, -0.15) is 0 Å². The molecule has 1 saturated heterocycles. The molecule has 7 heteroatoms. The molecular formula is C22H20ClNO5. The monoisotopic (exact) mass is 413 g/mol. The first-order valence-electron chi connectivity index (χ1n) is 9.50. The topological polar surface area (TPSA) is 65.1 Å². The first-order valence-corrected chi connectivity index (χ1v) is 9.88. The van der Waals surface area contributed by atoms with Crippen molar-refractivity contribution in [2.45, 2.75) is 19.8 Å². The molecule has 0 aromatic heterocycles. The molecule has 0 N–H and O–H groups in total. The van der Waals surface area contributed by atoms with E-state index in [0.717, 1.165) is 22.3 Å². The minimum atomic E-state index is -0.598. The second kappa shape index (κ2) is 8.17. The van der Waals surface area contributed by atoms with E-state index in [0.29, 0.717) is 48.9 Å². The van der Waals surface area contributed by atoms with Gasteiger partial charge in [0.15, 0.2) is 5.75 Å². The lowest BCUT2D eigenvalue weighted by Gasteiger charge is -2.30. The van der Waals surface area contributed by atoms with Crippen molar-refractivity contribution in [2.24, 2.45) is 0 Å². The second-order valence-electron chi connectivity index (χ2n) is 6.80. The standard InChI is InChI=1S/C22H20ClNO5/c1-2-27-22(26)24-11-9-14(10-12-24)20-16-8-7-15(23)13-18(16)21(25)29-28-19-6-4-3-5-17(19)20/h3-8,13H,2,9-12H2,1H3. The van der Waals surface area contributed by atoms with Crippen LogP contribution in [0.2, 0.25) is 5.02 Å². The Morgan fingerprint density at radius 2 is 1.83 bits per heavy atom. The molecule has 29 heavy (non-hydrogen) atoms. The Labute approximate surface area is 173 Å². The lowest BCUT2D eigenvalue weighted by atomic mass is 9.85. The van der Waals surface area contributed by atoms with Crippen molar-refractivity contribution >= 4 is 29.2 Å². The van der Waals surface area contributed by atoms with Gasteiger partial charge in [0, 0.05) is 23.7 Å². The minimum absolute atomic E-state index is 0.297. The Balaban J connectivity index is 1.82. The summed E-state index contributed by atoms with van der Waals surface area (Å²) >= 11 is 6.13. The van der Waals surface area contributed by atoms with Crippen molar-refractivity contribution < 1.29 is 24.1 Å². The second-order valence-corrected chi connectivity index (χ2v) is 7.24. The summed E-state index contributed by atoms with van der Waals surface area (Å²) in [5.74, 6) is -0.129. The fraction of sp³-hybridized carbons (Fsp3) is 0.273. The van der Waals surface area contributed by atoms with Gasteiger partial charge in [-0.3, -0.25) is 4.89 Å². The van der Waals surface area contributed by atoms with Gasteiger partial charge in [-0.05, 0) is 49.1 Å². The lowest BCUT2D eigenvalue weighted by molar-refractivity contribution is -0.150. The van der Waals surface area contributed by atoms with Gasteiger partial charge in [0.05, 0.1) is 12.2 Å². The van der Waals surface area contributed by atoms with Gasteiger partial charge in [0.1, 0.15) is 0 Å². The van der Waals surface area contributed by atoms with Crippen LogP contribution in [0.1, 0.15) is 41.3 Å². The number of benzene rings is 2. The van der Waals surface area contributed by atoms with Crippen molar-refractivity contribution in [3.63, 3.8) is 0 Å². The fourth-order valence-electron chi connectivity index (χ4n) is 3.73. The molecule has 2 aromatic carbocycles. The van der Waals surface area contributed by atoms with E-state index in [9.17, 15) is 9.59 Å². The first-order chi connectivity index (χ1) is 14.1. The normalized spacial score (nSPS) is 16.1. The number of hydrogen-bond acceptors (Lipinski definition) is 5. The Morgan fingerprint density at radius 1 is 1.07 bits per heavy atom. The molecule has 2 heterocycles. The predicted octanol–water partition coefficient (Wildman–Crippen LogP) is 4.86. The number of likely N-dealkylation sites (tertiary alicyclic amines) is 1. The Hall–Kier alpha value is -2.99. The van der Waals surface area contributed by atoms with Crippen LogP contribution in [0.5, 0.6) is 5.75 Å². The first kappa shape index (κ1) is 19.3. The van der Waals surface area contributed by atoms with Crippen molar-refractivity contribution in [3.05, 3.63) is 69.8 Å². The van der Waals surface area contributed by atoms with E-state index in [4.69, 9.17) is 26.1 Å². The molecule has 1 amide bonds. The van der Waals surface area contributed by atoms with Gasteiger partial charge in [-0.1, -0.05) is 41.4 Å². The lowest BCUT2D eigenvalue weighted by Crippen LogP contribution is -2.37. The molecule has 0 atom stereocenters. The molecule has 6 nitrogen and oxygen atoms in total. The number of fused-ring (bicyclic) bond motifs is 2. The van der Waals surface area contributed by atoms with Gasteiger partial charge in [-0.15, -0.1) is 0 Å². The molecule has 150 valence electrons. The highest BCUT2D eigenvalue weighted by atomic mass is 35.5. The van der Waals surface area contributed by atoms with Crippen LogP contribution in [-0.2, 0) is 9.62 Å². The van der Waals surface area contributed by atoms with Crippen LogP contribution in [0, 0.1) is 0 Å². The van der Waals surface area contributed by atoms with E-state index >= 15 is 0 Å². The van der Waals surface area contributed by atoms with Crippen LogP contribution < -0.4 is 4.89 Å². The molecular weight excluding hydrogens is 394 g/mol. The number of piperidine rings is 1. The maximum Gasteiger partial charge on any atom is 0.409 e. The highest BCUT2D eigenvalue weighted by Gasteiger charge is 2.29. The number of carbonyl (C=O) groups excluding carboxylic acids is 2. The van der Waals surface area contributed by atoms with Crippen molar-refractivity contribution in [1.82, 2.24) is 4.90 Å². The Bertz CT molecular complexity index is 990. The van der Waals surface area contributed by atoms with Crippen LogP contribution in [0.4, 0.5) is 4.79 Å². The van der Waals surface area contributed by atoms with E-state index in [2.05, 4.69) is 0 Å². The third-order valence-corrected chi connectivity index (χ3v) is 5.32. The molecule has 0 spiro atoms. The summed E-state index contributed by atoms with van der Waals surface area (Å²) in [6, 6.07) is 12.6. The van der Waals surface area contributed by atoms with E-state index in [-0.39, 0.29) is 6.09 Å². The summed E-state index contributed by atoms with van der Waals surface area (Å²) in [4.78, 5) is 36.7. The third kappa shape index (κ3) is 3.80. The maximum atomic E-state index is 12.6. The predicted molar refractivity (Wildman–Crippen MR) is 108 cm³/mol. The number of nitrogens with zero attached hydrogens (tertiary/aromatic N) is 1. The number of para-hydroxylation sites is 1. The average molecular weight is 414 g/mol. The third-order valence-electron chi connectivity index (χ3n) is 5.08. The fourth-order valence-corrected chi connectivity index (χ4v) is 3.90. The summed E-state index contributed by atoms with van der Waals surface area (Å²) in [7, 11) is 0. The zero-order chi connectivity index (χ0) is 20.4. The number of hydrogen-bond donors (Lipinski definition) is 0. The molecule has 1 fully saturated rings. The molecule has 0 aliphatic carbocycles. The zero-order valence-electron chi connectivity index (χ0n) is 15.9. The number of carbonyl (C=O) groups is 2. The summed E-state index contributed by atoms with van der Waals surface area (Å²) in [6.45, 7) is 3.24. The van der Waals surface area contributed by atoms with Gasteiger partial charge in [-0.25, -0.2) is 14.5 Å². The van der Waals surface area contributed by atoms with Crippen LogP contribution in [0.25, 0.3) is 5.57 Å². The number of halogens is 1. The summed E-state index contributed by atoms with van der Waals surface area (Å²) in [5, 5.41) is 0.441. The van der Waals surface area contributed by atoms with Crippen LogP contribution >= 0.6 is 11.6 Å². The molecule has 4 rings (SSSR count). The average Bonchev–Trinajstić information content (AvgIpc) is 2.73. The molecule has 2 aliphatic rings. The molecule has 0 unspecified atom stereocenters. The van der Waals surface area contributed by atoms with E-state index in [1.165, 1.54) is 0 Å². The van der Waals surface area contributed by atoms with E-state index in [1.54, 1.807) is 30.0 Å². The summed E-state index contributed by atoms with van der Waals surface area (Å²) < 4.78 is 5.11. The molecule has 2 aliphatic heterocycles. The van der Waals surface area contributed by atoms with Crippen LogP contribution in [0.15, 0.2) is 48.0 Å². The number of ether oxygens (including phenoxy) is 1. The van der Waals surface area contributed by atoms with Gasteiger partial charge < -0.3 is 9.64 Å². The smallest absolute Gasteiger partial charge is 0.409 e. The molecule has 0 radical (unpaired) electrons. The molecule has 0 saturated carbocycles. The SMILES string of the molecule is CCOC(=O)N1CCC(=C2c3ccccc3OOC(=O)c3cc(Cl)ccc32)CC1. The van der Waals surface area contributed by atoms with Crippen molar-refractivity contribution in [2.75, 3.05) is 19.7 Å². The van der Waals surface area contributed by atoms with Gasteiger partial charge in [0.25, 0.3) is 0 Å². The van der Waals surface area contributed by atoms with Gasteiger partial charge >= 0.3 is 12.1 Å².